The van der Waals surface area contributed by atoms with Crippen LogP contribution in [0.2, 0.25) is 0 Å². The quantitative estimate of drug-likeness (QED) is 0.886. The summed E-state index contributed by atoms with van der Waals surface area (Å²) in [6.07, 6.45) is 2.06. The van der Waals surface area contributed by atoms with E-state index in [1.807, 2.05) is 17.9 Å². The third-order valence-electron chi connectivity index (χ3n) is 4.70. The van der Waals surface area contributed by atoms with E-state index in [0.717, 1.165) is 24.2 Å². The molecule has 0 spiro atoms. The second-order valence-electron chi connectivity index (χ2n) is 6.52. The van der Waals surface area contributed by atoms with Gasteiger partial charge in [0.05, 0.1) is 5.69 Å². The fraction of sp³-hybridized carbons (Fsp3) is 0.588. The summed E-state index contributed by atoms with van der Waals surface area (Å²) >= 11 is 1.61. The summed E-state index contributed by atoms with van der Waals surface area (Å²) in [5, 5.41) is 13.3. The smallest absolute Gasteiger partial charge is 0.253 e. The van der Waals surface area contributed by atoms with Crippen molar-refractivity contribution in [1.82, 2.24) is 5.32 Å². The largest absolute Gasteiger partial charge is 0.379 e. The predicted molar refractivity (Wildman–Crippen MR) is 91.4 cm³/mol. The zero-order valence-corrected chi connectivity index (χ0v) is 14.2. The van der Waals surface area contributed by atoms with Crippen molar-refractivity contribution >= 4 is 23.4 Å². The van der Waals surface area contributed by atoms with Crippen LogP contribution in [-0.4, -0.2) is 47.3 Å². The number of thioether (sulfide) groups is 1. The molecule has 2 aliphatic heterocycles. The molecule has 1 aromatic carbocycles. The van der Waals surface area contributed by atoms with Crippen molar-refractivity contribution in [2.75, 3.05) is 29.5 Å². The molecule has 0 bridgehead atoms. The first-order valence-corrected chi connectivity index (χ1v) is 9.26. The lowest BCUT2D eigenvalue weighted by molar-refractivity contribution is -0.138. The molecule has 2 aliphatic rings. The average Bonchev–Trinajstić information content (AvgIpc) is 2.99. The SMILES string of the molecule is Cc1ccc(F)c(N2CCC(NC(=O)C3(O)CCSC3)CC2)c1. The van der Waals surface area contributed by atoms with Crippen LogP contribution in [0, 0.1) is 12.7 Å². The number of nitrogens with one attached hydrogen (secondary N) is 1. The predicted octanol–water partition coefficient (Wildman–Crippen LogP) is 2.09. The average molecular weight is 338 g/mol. The zero-order chi connectivity index (χ0) is 16.4. The zero-order valence-electron chi connectivity index (χ0n) is 13.3. The Labute approximate surface area is 140 Å². The number of anilines is 1. The Kier molecular flexibility index (Phi) is 4.82. The van der Waals surface area contributed by atoms with Crippen molar-refractivity contribution in [3.63, 3.8) is 0 Å². The van der Waals surface area contributed by atoms with Crippen LogP contribution in [0.15, 0.2) is 18.2 Å². The minimum atomic E-state index is -1.20. The van der Waals surface area contributed by atoms with Crippen molar-refractivity contribution < 1.29 is 14.3 Å². The number of carbonyl (C=O) groups excluding carboxylic acids is 1. The molecule has 0 aromatic heterocycles. The number of piperidine rings is 1. The molecular formula is C17H23FN2O2S. The number of amides is 1. The van der Waals surface area contributed by atoms with E-state index in [1.165, 1.54) is 6.07 Å². The highest BCUT2D eigenvalue weighted by Crippen LogP contribution is 2.29. The standard InChI is InChI=1S/C17H23FN2O2S/c1-12-2-3-14(18)15(10-12)20-7-4-13(5-8-20)19-16(21)17(22)6-9-23-11-17/h2-3,10,13,22H,4-9,11H2,1H3,(H,19,21). The van der Waals surface area contributed by atoms with Gasteiger partial charge in [-0.05, 0) is 49.6 Å². The molecule has 0 saturated carbocycles. The Morgan fingerprint density at radius 2 is 2.17 bits per heavy atom. The summed E-state index contributed by atoms with van der Waals surface area (Å²) in [6, 6.07) is 5.20. The highest BCUT2D eigenvalue weighted by molar-refractivity contribution is 7.99. The van der Waals surface area contributed by atoms with E-state index in [0.29, 0.717) is 31.0 Å². The monoisotopic (exact) mass is 338 g/mol. The van der Waals surface area contributed by atoms with E-state index >= 15 is 0 Å². The number of aryl methyl sites for hydroxylation is 1. The number of halogens is 1. The van der Waals surface area contributed by atoms with Gasteiger partial charge in [0.25, 0.3) is 5.91 Å². The van der Waals surface area contributed by atoms with Crippen LogP contribution in [-0.2, 0) is 4.79 Å². The van der Waals surface area contributed by atoms with E-state index in [1.54, 1.807) is 17.8 Å². The molecular weight excluding hydrogens is 315 g/mol. The lowest BCUT2D eigenvalue weighted by Crippen LogP contribution is -2.53. The van der Waals surface area contributed by atoms with Crippen molar-refractivity contribution in [1.29, 1.82) is 0 Å². The van der Waals surface area contributed by atoms with Gasteiger partial charge in [-0.15, -0.1) is 0 Å². The molecule has 1 amide bonds. The van der Waals surface area contributed by atoms with Crippen LogP contribution in [0.3, 0.4) is 0 Å². The number of aliphatic hydroxyl groups is 1. The third-order valence-corrected chi connectivity index (χ3v) is 5.87. The third kappa shape index (κ3) is 3.63. The van der Waals surface area contributed by atoms with Gasteiger partial charge in [0.1, 0.15) is 5.82 Å². The van der Waals surface area contributed by atoms with Gasteiger partial charge in [-0.3, -0.25) is 4.79 Å². The van der Waals surface area contributed by atoms with Gasteiger partial charge in [-0.25, -0.2) is 4.39 Å². The van der Waals surface area contributed by atoms with Crippen LogP contribution in [0.25, 0.3) is 0 Å². The van der Waals surface area contributed by atoms with Crippen molar-refractivity contribution in [3.05, 3.63) is 29.6 Å². The number of rotatable bonds is 3. The second-order valence-corrected chi connectivity index (χ2v) is 7.63. The Hall–Kier alpha value is -1.27. The molecule has 2 saturated heterocycles. The fourth-order valence-corrected chi connectivity index (χ4v) is 4.42. The lowest BCUT2D eigenvalue weighted by Gasteiger charge is -2.35. The van der Waals surface area contributed by atoms with E-state index in [9.17, 15) is 14.3 Å². The molecule has 1 atom stereocenters. The molecule has 2 N–H and O–H groups in total. The number of nitrogens with zero attached hydrogens (tertiary/aromatic N) is 1. The first-order chi connectivity index (χ1) is 11.0. The Morgan fingerprint density at radius 1 is 1.43 bits per heavy atom. The summed E-state index contributed by atoms with van der Waals surface area (Å²) in [6.45, 7) is 3.37. The first-order valence-electron chi connectivity index (χ1n) is 8.10. The van der Waals surface area contributed by atoms with Gasteiger partial charge in [0.15, 0.2) is 5.60 Å². The van der Waals surface area contributed by atoms with E-state index in [2.05, 4.69) is 5.32 Å². The van der Waals surface area contributed by atoms with Gasteiger partial charge < -0.3 is 15.3 Å². The van der Waals surface area contributed by atoms with Crippen LogP contribution in [0.1, 0.15) is 24.8 Å². The van der Waals surface area contributed by atoms with Gasteiger partial charge >= 0.3 is 0 Å². The van der Waals surface area contributed by atoms with E-state index < -0.39 is 5.60 Å². The molecule has 2 fully saturated rings. The Balaban J connectivity index is 1.56. The minimum Gasteiger partial charge on any atom is -0.379 e. The number of benzene rings is 1. The fourth-order valence-electron chi connectivity index (χ4n) is 3.18. The number of carbonyl (C=O) groups is 1. The lowest BCUT2D eigenvalue weighted by atomic mass is 9.99. The molecule has 0 aliphatic carbocycles. The maximum Gasteiger partial charge on any atom is 0.253 e. The molecule has 3 rings (SSSR count). The molecule has 1 unspecified atom stereocenters. The summed E-state index contributed by atoms with van der Waals surface area (Å²) < 4.78 is 14.0. The molecule has 126 valence electrons. The van der Waals surface area contributed by atoms with Crippen molar-refractivity contribution in [2.45, 2.75) is 37.8 Å². The Morgan fingerprint density at radius 3 is 2.83 bits per heavy atom. The van der Waals surface area contributed by atoms with Gasteiger partial charge in [0, 0.05) is 24.9 Å². The van der Waals surface area contributed by atoms with Crippen molar-refractivity contribution in [2.24, 2.45) is 0 Å². The van der Waals surface area contributed by atoms with Crippen LogP contribution < -0.4 is 10.2 Å². The van der Waals surface area contributed by atoms with Crippen LogP contribution in [0.5, 0.6) is 0 Å². The van der Waals surface area contributed by atoms with Gasteiger partial charge in [-0.1, -0.05) is 6.07 Å². The minimum absolute atomic E-state index is 0.0567. The van der Waals surface area contributed by atoms with Gasteiger partial charge in [-0.2, -0.15) is 11.8 Å². The molecule has 0 radical (unpaired) electrons. The number of hydrogen-bond donors (Lipinski definition) is 2. The summed E-state index contributed by atoms with van der Waals surface area (Å²) in [5.41, 5.74) is 0.475. The highest BCUT2D eigenvalue weighted by atomic mass is 32.2. The first kappa shape index (κ1) is 16.6. The maximum absolute atomic E-state index is 14.0. The van der Waals surface area contributed by atoms with Gasteiger partial charge in [0.2, 0.25) is 0 Å². The molecule has 1 aromatic rings. The molecule has 6 heteroatoms. The second kappa shape index (κ2) is 6.69. The number of hydrogen-bond acceptors (Lipinski definition) is 4. The molecule has 2 heterocycles. The molecule has 4 nitrogen and oxygen atoms in total. The van der Waals surface area contributed by atoms with Crippen LogP contribution in [0.4, 0.5) is 10.1 Å². The van der Waals surface area contributed by atoms with Crippen LogP contribution >= 0.6 is 11.8 Å². The summed E-state index contributed by atoms with van der Waals surface area (Å²) in [4.78, 5) is 14.3. The molecule has 23 heavy (non-hydrogen) atoms. The highest BCUT2D eigenvalue weighted by Gasteiger charge is 2.40. The van der Waals surface area contributed by atoms with E-state index in [4.69, 9.17) is 0 Å². The summed E-state index contributed by atoms with van der Waals surface area (Å²) in [5.74, 6) is 0.860. The van der Waals surface area contributed by atoms with Crippen molar-refractivity contribution in [3.8, 4) is 0 Å². The topological polar surface area (TPSA) is 52.6 Å². The normalized spacial score (nSPS) is 25.6. The Bertz CT molecular complexity index is 582. The van der Waals surface area contributed by atoms with E-state index in [-0.39, 0.29) is 17.8 Å². The summed E-state index contributed by atoms with van der Waals surface area (Å²) in [7, 11) is 0. The maximum atomic E-state index is 14.0.